The lowest BCUT2D eigenvalue weighted by Crippen LogP contribution is -2.55. The molecular weight excluding hydrogens is 304 g/mol. The van der Waals surface area contributed by atoms with Crippen LogP contribution in [0.1, 0.15) is 40.7 Å². The minimum absolute atomic E-state index is 0.174. The van der Waals surface area contributed by atoms with Crippen molar-refractivity contribution >= 4 is 17.2 Å². The zero-order valence-electron chi connectivity index (χ0n) is 13.7. The van der Waals surface area contributed by atoms with Crippen LogP contribution in [0.5, 0.6) is 0 Å². The van der Waals surface area contributed by atoms with Gasteiger partial charge in [-0.1, -0.05) is 44.2 Å². The number of rotatable bonds is 1. The average Bonchev–Trinajstić information content (AvgIpc) is 3.08. The van der Waals surface area contributed by atoms with E-state index in [0.29, 0.717) is 6.04 Å². The number of hydrogen-bond donors (Lipinski definition) is 0. The number of hydrogen-bond acceptors (Lipinski definition) is 3. The second-order valence-electron chi connectivity index (χ2n) is 7.19. The molecule has 0 spiro atoms. The third kappa shape index (κ3) is 2.50. The van der Waals surface area contributed by atoms with Crippen molar-refractivity contribution in [3.8, 4) is 0 Å². The maximum Gasteiger partial charge on any atom is 0.264 e. The molecule has 1 aromatic heterocycles. The summed E-state index contributed by atoms with van der Waals surface area (Å²) < 4.78 is 0. The number of carbonyl (C=O) groups excluding carboxylic acids is 1. The number of piperazine rings is 1. The van der Waals surface area contributed by atoms with Crippen molar-refractivity contribution in [2.45, 2.75) is 25.3 Å². The van der Waals surface area contributed by atoms with Crippen molar-refractivity contribution in [3.63, 3.8) is 0 Å². The molecule has 2 aliphatic heterocycles. The highest BCUT2D eigenvalue weighted by atomic mass is 32.1. The highest BCUT2D eigenvalue weighted by Gasteiger charge is 2.41. The molecule has 4 rings (SSSR count). The first kappa shape index (κ1) is 14.9. The van der Waals surface area contributed by atoms with Gasteiger partial charge in [0.25, 0.3) is 5.91 Å². The molecule has 120 valence electrons. The number of amides is 1. The third-order valence-corrected chi connectivity index (χ3v) is 6.02. The third-order valence-electron chi connectivity index (χ3n) is 5.16. The highest BCUT2D eigenvalue weighted by molar-refractivity contribution is 7.12. The molecule has 1 atom stereocenters. The Morgan fingerprint density at radius 3 is 2.78 bits per heavy atom. The lowest BCUT2D eigenvalue weighted by molar-refractivity contribution is 0.0363. The fourth-order valence-electron chi connectivity index (χ4n) is 4.04. The van der Waals surface area contributed by atoms with Gasteiger partial charge in [-0.15, -0.1) is 11.3 Å². The van der Waals surface area contributed by atoms with E-state index in [0.717, 1.165) is 31.1 Å². The smallest absolute Gasteiger partial charge is 0.264 e. The Hall–Kier alpha value is -1.65. The van der Waals surface area contributed by atoms with Gasteiger partial charge in [0.1, 0.15) is 0 Å². The van der Waals surface area contributed by atoms with Crippen molar-refractivity contribution in [1.82, 2.24) is 9.80 Å². The summed E-state index contributed by atoms with van der Waals surface area (Å²) in [5.74, 6) is 0.182. The van der Waals surface area contributed by atoms with Crippen LogP contribution in [0, 0.1) is 0 Å². The first-order chi connectivity index (χ1) is 11.1. The molecule has 1 unspecified atom stereocenters. The molecule has 0 N–H and O–H groups in total. The number of fused-ring (bicyclic) bond motifs is 3. The van der Waals surface area contributed by atoms with Gasteiger partial charge >= 0.3 is 0 Å². The van der Waals surface area contributed by atoms with E-state index >= 15 is 0 Å². The van der Waals surface area contributed by atoms with Crippen LogP contribution in [-0.4, -0.2) is 41.9 Å². The SMILES string of the molecule is CC1(C)CN2CCN(C(=O)c3cccs3)CC2c2ccccc21. The van der Waals surface area contributed by atoms with E-state index in [1.807, 2.05) is 22.4 Å². The van der Waals surface area contributed by atoms with E-state index in [4.69, 9.17) is 0 Å². The van der Waals surface area contributed by atoms with Crippen LogP contribution in [0.3, 0.4) is 0 Å². The molecule has 1 aromatic carbocycles. The van der Waals surface area contributed by atoms with E-state index in [1.165, 1.54) is 22.5 Å². The van der Waals surface area contributed by atoms with Gasteiger partial charge in [-0.2, -0.15) is 0 Å². The van der Waals surface area contributed by atoms with Crippen molar-refractivity contribution < 1.29 is 4.79 Å². The zero-order valence-corrected chi connectivity index (χ0v) is 14.5. The standard InChI is InChI=1S/C19H22N2OS/c1-19(2)13-21-10-9-20(18(22)17-8-5-11-23-17)12-16(21)14-6-3-4-7-15(14)19/h3-8,11,16H,9-10,12-13H2,1-2H3. The molecule has 0 saturated carbocycles. The number of thiophene rings is 1. The van der Waals surface area contributed by atoms with E-state index in [-0.39, 0.29) is 11.3 Å². The van der Waals surface area contributed by atoms with Gasteiger partial charge in [-0.3, -0.25) is 9.69 Å². The van der Waals surface area contributed by atoms with Gasteiger partial charge in [0.15, 0.2) is 0 Å². The molecule has 0 bridgehead atoms. The quantitative estimate of drug-likeness (QED) is 0.800. The molecule has 1 amide bonds. The molecule has 1 saturated heterocycles. The first-order valence-electron chi connectivity index (χ1n) is 8.22. The molecule has 3 nitrogen and oxygen atoms in total. The highest BCUT2D eigenvalue weighted by Crippen LogP contribution is 2.41. The van der Waals surface area contributed by atoms with E-state index in [9.17, 15) is 4.79 Å². The summed E-state index contributed by atoms with van der Waals surface area (Å²) in [5, 5.41) is 1.97. The van der Waals surface area contributed by atoms with Crippen LogP contribution in [-0.2, 0) is 5.41 Å². The Balaban J connectivity index is 1.65. The normalized spacial score (nSPS) is 23.2. The molecule has 2 aromatic rings. The second kappa shape index (κ2) is 5.46. The van der Waals surface area contributed by atoms with Crippen molar-refractivity contribution in [2.24, 2.45) is 0 Å². The van der Waals surface area contributed by atoms with Crippen LogP contribution in [0.4, 0.5) is 0 Å². The van der Waals surface area contributed by atoms with Gasteiger partial charge in [-0.05, 0) is 22.6 Å². The van der Waals surface area contributed by atoms with Crippen LogP contribution >= 0.6 is 11.3 Å². The number of benzene rings is 1. The lowest BCUT2D eigenvalue weighted by atomic mass is 9.75. The fourth-order valence-corrected chi connectivity index (χ4v) is 4.73. The van der Waals surface area contributed by atoms with Gasteiger partial charge in [0.05, 0.1) is 10.9 Å². The van der Waals surface area contributed by atoms with Gasteiger partial charge in [-0.25, -0.2) is 0 Å². The lowest BCUT2D eigenvalue weighted by Gasteiger charge is -2.49. The van der Waals surface area contributed by atoms with Crippen molar-refractivity contribution in [1.29, 1.82) is 0 Å². The van der Waals surface area contributed by atoms with Crippen LogP contribution in [0.2, 0.25) is 0 Å². The van der Waals surface area contributed by atoms with E-state index in [2.05, 4.69) is 43.0 Å². The summed E-state index contributed by atoms with van der Waals surface area (Å²) in [5.41, 5.74) is 3.01. The Labute approximate surface area is 141 Å². The summed E-state index contributed by atoms with van der Waals surface area (Å²) >= 11 is 1.53. The van der Waals surface area contributed by atoms with Crippen molar-refractivity contribution in [2.75, 3.05) is 26.2 Å². The summed E-state index contributed by atoms with van der Waals surface area (Å²) in [7, 11) is 0. The van der Waals surface area contributed by atoms with Crippen LogP contribution in [0.15, 0.2) is 41.8 Å². The van der Waals surface area contributed by atoms with E-state index in [1.54, 1.807) is 0 Å². The molecule has 4 heteroatoms. The maximum absolute atomic E-state index is 12.7. The second-order valence-corrected chi connectivity index (χ2v) is 8.13. The van der Waals surface area contributed by atoms with E-state index < -0.39 is 0 Å². The predicted molar refractivity (Wildman–Crippen MR) is 94.0 cm³/mol. The Morgan fingerprint density at radius 1 is 1.17 bits per heavy atom. The molecular formula is C19H22N2OS. The molecule has 1 fully saturated rings. The van der Waals surface area contributed by atoms with Gasteiger partial charge in [0.2, 0.25) is 0 Å². The number of nitrogens with zero attached hydrogens (tertiary/aromatic N) is 2. The topological polar surface area (TPSA) is 23.6 Å². The minimum Gasteiger partial charge on any atom is -0.335 e. The van der Waals surface area contributed by atoms with Crippen LogP contribution in [0.25, 0.3) is 0 Å². The monoisotopic (exact) mass is 326 g/mol. The summed E-state index contributed by atoms with van der Waals surface area (Å²) in [4.78, 5) is 18.1. The number of carbonyl (C=O) groups is 1. The zero-order chi connectivity index (χ0) is 16.0. The van der Waals surface area contributed by atoms with Crippen molar-refractivity contribution in [3.05, 3.63) is 57.8 Å². The van der Waals surface area contributed by atoms with Gasteiger partial charge in [0, 0.05) is 31.6 Å². The fraction of sp³-hybridized carbons (Fsp3) is 0.421. The molecule has 23 heavy (non-hydrogen) atoms. The van der Waals surface area contributed by atoms with Gasteiger partial charge < -0.3 is 4.90 Å². The minimum atomic E-state index is 0.174. The summed E-state index contributed by atoms with van der Waals surface area (Å²) in [6, 6.07) is 13.0. The molecule has 2 aliphatic rings. The molecule has 0 aliphatic carbocycles. The Morgan fingerprint density at radius 2 is 2.00 bits per heavy atom. The summed E-state index contributed by atoms with van der Waals surface area (Å²) in [6.45, 7) is 8.29. The average molecular weight is 326 g/mol. The Kier molecular flexibility index (Phi) is 3.54. The molecule has 0 radical (unpaired) electrons. The molecule has 3 heterocycles. The first-order valence-corrected chi connectivity index (χ1v) is 9.10. The van der Waals surface area contributed by atoms with Crippen LogP contribution < -0.4 is 0 Å². The largest absolute Gasteiger partial charge is 0.335 e. The predicted octanol–water partition coefficient (Wildman–Crippen LogP) is 3.54. The summed E-state index contributed by atoms with van der Waals surface area (Å²) in [6.07, 6.45) is 0. The maximum atomic E-state index is 12.7. The Bertz CT molecular complexity index is 723.